The molecule has 124 heavy (non-hydrogen) atoms. The van der Waals surface area contributed by atoms with Gasteiger partial charge in [0, 0.05) is 126 Å². The second kappa shape index (κ2) is 66.4. The van der Waals surface area contributed by atoms with Gasteiger partial charge in [-0.25, -0.2) is 45.9 Å². The van der Waals surface area contributed by atoms with E-state index in [9.17, 15) is 9.59 Å². The molecule has 0 saturated heterocycles. The summed E-state index contributed by atoms with van der Waals surface area (Å²) in [6.45, 7) is 42.8. The van der Waals surface area contributed by atoms with Gasteiger partial charge in [-0.1, -0.05) is 164 Å². The van der Waals surface area contributed by atoms with E-state index in [0.717, 1.165) is 111 Å². The van der Waals surface area contributed by atoms with Crippen LogP contribution < -0.4 is 29.6 Å². The van der Waals surface area contributed by atoms with Crippen LogP contribution in [0.5, 0.6) is 0 Å². The van der Waals surface area contributed by atoms with Crippen molar-refractivity contribution in [2.45, 2.75) is 0 Å². The van der Waals surface area contributed by atoms with Gasteiger partial charge < -0.3 is 196 Å². The third kappa shape index (κ3) is 28.9. The Morgan fingerprint density at radius 1 is 0.234 bits per heavy atom. The molecule has 5 radical (unpaired) electrons. The van der Waals surface area contributed by atoms with Gasteiger partial charge in [0.2, 0.25) is 12.8 Å². The van der Waals surface area contributed by atoms with E-state index in [1.807, 2.05) is 206 Å². The predicted octanol–water partition coefficient (Wildman–Crippen LogP) is 2.49. The molecule has 0 bridgehead atoms. The zero-order valence-electron chi connectivity index (χ0n) is 66.0. The van der Waals surface area contributed by atoms with Crippen LogP contribution in [0.25, 0.3) is 98.1 Å². The van der Waals surface area contributed by atoms with Crippen LogP contribution in [-0.2, 0) is 77.6 Å². The maximum Gasteiger partial charge on any atom is 3.00 e. The molecule has 2 amide bonds. The van der Waals surface area contributed by atoms with Crippen molar-refractivity contribution in [3.05, 3.63) is 333 Å². The number of hydrogen-bond donors (Lipinski definition) is 0. The third-order valence-corrected chi connectivity index (χ3v) is 15.9. The van der Waals surface area contributed by atoms with E-state index < -0.39 is 0 Å². The predicted molar refractivity (Wildman–Crippen MR) is 443 cm³/mol. The van der Waals surface area contributed by atoms with Crippen molar-refractivity contribution in [3.8, 4) is 0 Å². The molecule has 0 aliphatic heterocycles. The SMILES string of the molecule is CN(C)C=O.CN(C)C=O.O.O.O.O.O.O.O.[C-]#N.[C-]#N.[C-]#N.[C-]#N.[C-]#N.[C-]#N.[C-]#N.[C-]#N.[C-]#N.[Co+3].[Fe+2].[Fe+3].[Fe+3].[Na+].c1ccc2c(c1)cnn2[B-](n1ncc2ccccc21)n1ncc2ccccc21.c1ccc2c(c1)cnn2[B-](n1ncc2ccccc21)n1ncc2ccccc21.c1ccc2c(c1)cnn2[B-](n1ncc2ccccc21)n1ncc2ccccc21. The Morgan fingerprint density at radius 2 is 0.315 bits per heavy atom. The summed E-state index contributed by atoms with van der Waals surface area (Å²) in [5.74, 6) is 0. The van der Waals surface area contributed by atoms with Crippen LogP contribution in [0.2, 0.25) is 0 Å². The zero-order valence-corrected chi connectivity index (χ0v) is 72.4. The van der Waals surface area contributed by atoms with Crippen LogP contribution in [-0.4, -0.2) is 198 Å². The number of carbonyl (C=O) groups is 2. The van der Waals surface area contributed by atoms with Crippen LogP contribution >= 0.6 is 0 Å². The molecule has 627 valence electrons. The van der Waals surface area contributed by atoms with Crippen LogP contribution in [0.1, 0.15) is 0 Å². The number of nitrogens with zero attached hydrogens (tertiary/aromatic N) is 29. The standard InChI is InChI=1S/3C21H15BN6.2C3H7NO.9CN.Co.3Fe.Na.7H2O/c3*1-4-10-19-16(7-1)13-23-26(19)22(27-20-11-5-2-8-17(20)14-24-27)28-21-12-6-3-9-18(21)15-25-28;2*1-4(2)3-5;9*1-2;;;;;;;;;;;;/h3*1-15H;2*3H,1-2H3;;;;;;;;;;;;;;;7*1H2/q3*-1;;;9*-1;+3;+2;2*+3;+1;;;;;;;. The number of fused-ring (bicyclic) bond motifs is 9. The fraction of sp³-hybridized carbons (Fsp3) is 0.0513. The number of amides is 2. The third-order valence-electron chi connectivity index (χ3n) is 15.9. The Hall–Kier alpha value is -14.5. The van der Waals surface area contributed by atoms with Crippen molar-refractivity contribution in [2.75, 3.05) is 28.2 Å². The van der Waals surface area contributed by atoms with Crippen LogP contribution in [0, 0.1) is 107 Å². The monoisotopic (exact) mass is 1840 g/mol. The van der Waals surface area contributed by atoms with Crippen molar-refractivity contribution in [2.24, 2.45) is 0 Å². The first-order chi connectivity index (χ1) is 55.2. The van der Waals surface area contributed by atoms with Gasteiger partial charge in [0.15, 0.2) is 0 Å². The fourth-order valence-corrected chi connectivity index (χ4v) is 11.5. The number of hydrogen-bond acceptors (Lipinski definition) is 20. The van der Waals surface area contributed by atoms with Crippen LogP contribution in [0.15, 0.2) is 274 Å². The summed E-state index contributed by atoms with van der Waals surface area (Å²) in [5, 5.41) is 108. The van der Waals surface area contributed by atoms with Gasteiger partial charge >= 0.3 is 97.5 Å². The molecule has 0 aliphatic carbocycles. The van der Waals surface area contributed by atoms with Gasteiger partial charge in [-0.05, 0) is 54.6 Å². The smallest absolute Gasteiger partial charge is 0.512 e. The van der Waals surface area contributed by atoms with E-state index in [0.29, 0.717) is 0 Å². The van der Waals surface area contributed by atoms with Gasteiger partial charge in [0.25, 0.3) is 21.4 Å². The minimum Gasteiger partial charge on any atom is -0.512 e. The van der Waals surface area contributed by atoms with Gasteiger partial charge in [0.1, 0.15) is 0 Å². The van der Waals surface area contributed by atoms with Crippen molar-refractivity contribution < 1.29 is 145 Å². The van der Waals surface area contributed by atoms with Gasteiger partial charge in [0.05, 0.1) is 55.8 Å². The van der Waals surface area contributed by atoms with E-state index >= 15 is 0 Å². The summed E-state index contributed by atoms with van der Waals surface area (Å²) in [5.41, 5.74) is 9.31. The topological polar surface area (TPSA) is 636 Å². The minimum atomic E-state index is -0.361. The first-order valence-corrected chi connectivity index (χ1v) is 32.3. The van der Waals surface area contributed by atoms with Crippen molar-refractivity contribution in [1.82, 2.24) is 97.0 Å². The van der Waals surface area contributed by atoms with Crippen molar-refractivity contribution >= 4 is 132 Å². The van der Waals surface area contributed by atoms with Gasteiger partial charge in [-0.3, -0.25) is 9.59 Å². The number of rotatable bonds is 11. The molecule has 9 heterocycles. The number of carbonyl (C=O) groups excluding carboxylic acids is 2. The molecule has 18 aromatic rings. The minimum absolute atomic E-state index is 0. The number of para-hydroxylation sites is 9. The average Bonchev–Trinajstić information content (AvgIpc) is 1.61. The fourth-order valence-electron chi connectivity index (χ4n) is 11.5. The summed E-state index contributed by atoms with van der Waals surface area (Å²) in [6.07, 6.45) is 18.5. The second-order valence-corrected chi connectivity index (χ2v) is 22.5. The zero-order chi connectivity index (χ0) is 82.1. The molecule has 18 rings (SSSR count). The second-order valence-electron chi connectivity index (χ2n) is 22.5. The van der Waals surface area contributed by atoms with E-state index in [1.54, 1.807) is 28.2 Å². The molecule has 46 heteroatoms. The number of aromatic nitrogens is 18. The molecule has 38 nitrogen and oxygen atoms in total. The summed E-state index contributed by atoms with van der Waals surface area (Å²) in [4.78, 5) is 21.8. The molecule has 0 atom stereocenters. The Morgan fingerprint density at radius 3 is 0.395 bits per heavy atom. The molecular weight excluding hydrogens is 1770 g/mol. The molecule has 0 spiro atoms. The largest absolute Gasteiger partial charge is 3.00 e. The quantitative estimate of drug-likeness (QED) is 0.102. The van der Waals surface area contributed by atoms with E-state index in [4.69, 9.17) is 152 Å². The number of benzene rings is 9. The van der Waals surface area contributed by atoms with Crippen molar-refractivity contribution in [3.63, 3.8) is 0 Å². The first kappa shape index (κ1) is 125. The first-order valence-electron chi connectivity index (χ1n) is 32.3. The molecule has 9 aromatic carbocycles. The van der Waals surface area contributed by atoms with Crippen LogP contribution in [0.3, 0.4) is 0 Å². The normalized spacial score (nSPS) is 8.75. The van der Waals surface area contributed by atoms with E-state index in [1.165, 1.54) is 9.80 Å². The molecule has 0 aliphatic rings. The summed E-state index contributed by atoms with van der Waals surface area (Å²) in [7, 11) is 5.67. The summed E-state index contributed by atoms with van der Waals surface area (Å²) in [6, 6.07) is 73.8. The van der Waals surface area contributed by atoms with Gasteiger partial charge in [-0.15, -0.1) is 0 Å². The maximum absolute atomic E-state index is 9.43. The average molecular weight is 1840 g/mol. The Kier molecular flexibility index (Phi) is 67.0. The van der Waals surface area contributed by atoms with Crippen LogP contribution in [0.4, 0.5) is 0 Å². The molecule has 0 fully saturated rings. The molecule has 14 N–H and O–H groups in total. The van der Waals surface area contributed by atoms with E-state index in [2.05, 4.69) is 109 Å². The molecule has 9 aromatic heterocycles. The maximum atomic E-state index is 9.43. The molecule has 0 unspecified atom stereocenters. The Balaban J connectivity index is -0.000000227. The Bertz CT molecular complexity index is 5070. The molecular formula is C78H73B3CoFe3N29NaO9. The van der Waals surface area contributed by atoms with E-state index in [-0.39, 0.29) is 157 Å². The molecule has 0 saturated carbocycles. The van der Waals surface area contributed by atoms with Crippen molar-refractivity contribution in [1.29, 1.82) is 47.4 Å². The Labute approximate surface area is 777 Å². The summed E-state index contributed by atoms with van der Waals surface area (Å²) < 4.78 is 17.8. The van der Waals surface area contributed by atoms with Gasteiger partial charge in [-0.2, -0.15) is 0 Å². The summed E-state index contributed by atoms with van der Waals surface area (Å²) >= 11 is 0.